The van der Waals surface area contributed by atoms with E-state index in [1.807, 2.05) is 47.7 Å². The van der Waals surface area contributed by atoms with Crippen LogP contribution < -0.4 is 0 Å². The molecule has 9 rings (SSSR count). The summed E-state index contributed by atoms with van der Waals surface area (Å²) in [5.74, 6) is 0. The first kappa shape index (κ1) is 21.8. The van der Waals surface area contributed by atoms with Gasteiger partial charge in [0.25, 0.3) is 0 Å². The molecule has 3 heterocycles. The number of benzene rings is 6. The number of nitrogens with zero attached hydrogens (tertiary/aromatic N) is 2. The molecule has 0 aliphatic rings. The molecule has 0 N–H and O–H groups in total. The number of aromatic nitrogens is 2. The van der Waals surface area contributed by atoms with E-state index in [9.17, 15) is 0 Å². The highest BCUT2D eigenvalue weighted by molar-refractivity contribution is 7.26. The predicted octanol–water partition coefficient (Wildman–Crippen LogP) is 10.4. The summed E-state index contributed by atoms with van der Waals surface area (Å²) >= 11 is 1.82. The van der Waals surface area contributed by atoms with Crippen molar-refractivity contribution in [1.82, 2.24) is 9.97 Å². The van der Waals surface area contributed by atoms with Gasteiger partial charge in [-0.1, -0.05) is 84.9 Å². The molecule has 0 saturated heterocycles. The van der Waals surface area contributed by atoms with E-state index in [0.717, 1.165) is 66.3 Å². The van der Waals surface area contributed by atoms with Gasteiger partial charge in [0, 0.05) is 47.5 Å². The van der Waals surface area contributed by atoms with E-state index in [-0.39, 0.29) is 0 Å². The van der Waals surface area contributed by atoms with Crippen LogP contribution in [-0.4, -0.2) is 9.97 Å². The Morgan fingerprint density at radius 2 is 1.18 bits per heavy atom. The average molecular weight is 529 g/mol. The molecular weight excluding hydrogens is 508 g/mol. The van der Waals surface area contributed by atoms with Gasteiger partial charge in [0.15, 0.2) is 0 Å². The first-order valence-electron chi connectivity index (χ1n) is 13.3. The molecule has 0 atom stereocenters. The lowest BCUT2D eigenvalue weighted by Gasteiger charge is -2.14. The van der Waals surface area contributed by atoms with Crippen molar-refractivity contribution in [2.45, 2.75) is 0 Å². The lowest BCUT2D eigenvalue weighted by atomic mass is 9.93. The van der Waals surface area contributed by atoms with Crippen molar-refractivity contribution in [2.24, 2.45) is 0 Å². The summed E-state index contributed by atoms with van der Waals surface area (Å²) in [6.45, 7) is 0. The Balaban J connectivity index is 1.51. The van der Waals surface area contributed by atoms with Crippen molar-refractivity contribution in [1.29, 1.82) is 0 Å². The molecule has 186 valence electrons. The molecule has 40 heavy (non-hydrogen) atoms. The predicted molar refractivity (Wildman–Crippen MR) is 168 cm³/mol. The maximum atomic E-state index is 6.64. The topological polar surface area (TPSA) is 38.9 Å². The summed E-state index contributed by atoms with van der Waals surface area (Å²) in [4.78, 5) is 10.4. The van der Waals surface area contributed by atoms with Gasteiger partial charge in [-0.25, -0.2) is 9.97 Å². The van der Waals surface area contributed by atoms with E-state index < -0.39 is 0 Å². The SMILES string of the molecule is c1ccc(-c2nc3ccccc3nc2-c2cc3sc4ccccc4c3c3c2ccc2c4ccccc4oc23)cc1. The Morgan fingerprint density at radius 3 is 2.02 bits per heavy atom. The Kier molecular flexibility index (Phi) is 4.48. The first-order valence-corrected chi connectivity index (χ1v) is 14.2. The van der Waals surface area contributed by atoms with Crippen LogP contribution in [0.5, 0.6) is 0 Å². The lowest BCUT2D eigenvalue weighted by molar-refractivity contribution is 0.673. The summed E-state index contributed by atoms with van der Waals surface area (Å²) in [5, 5.41) is 6.99. The molecule has 9 aromatic rings. The molecule has 6 aromatic carbocycles. The van der Waals surface area contributed by atoms with Crippen LogP contribution in [0.15, 0.2) is 126 Å². The second-order valence-electron chi connectivity index (χ2n) is 10.1. The van der Waals surface area contributed by atoms with Crippen molar-refractivity contribution in [2.75, 3.05) is 0 Å². The molecule has 3 nitrogen and oxygen atoms in total. The van der Waals surface area contributed by atoms with E-state index in [2.05, 4.69) is 84.9 Å². The normalized spacial score (nSPS) is 12.0. The third-order valence-electron chi connectivity index (χ3n) is 7.86. The molecule has 0 bridgehead atoms. The van der Waals surface area contributed by atoms with Gasteiger partial charge >= 0.3 is 0 Å². The molecule has 0 aliphatic carbocycles. The van der Waals surface area contributed by atoms with Gasteiger partial charge in [-0.2, -0.15) is 0 Å². The number of hydrogen-bond donors (Lipinski definition) is 0. The average Bonchev–Trinajstić information content (AvgIpc) is 3.59. The molecular formula is C36H20N2OS. The van der Waals surface area contributed by atoms with Crippen molar-refractivity contribution >= 4 is 75.3 Å². The van der Waals surface area contributed by atoms with E-state index in [1.165, 1.54) is 20.2 Å². The Bertz CT molecular complexity index is 2440. The van der Waals surface area contributed by atoms with Crippen LogP contribution in [0.3, 0.4) is 0 Å². The minimum atomic E-state index is 0.879. The molecule has 0 spiro atoms. The highest BCUT2D eigenvalue weighted by atomic mass is 32.1. The molecule has 0 radical (unpaired) electrons. The summed E-state index contributed by atoms with van der Waals surface area (Å²) < 4.78 is 9.11. The highest BCUT2D eigenvalue weighted by Crippen LogP contribution is 2.47. The van der Waals surface area contributed by atoms with Crippen LogP contribution in [0.4, 0.5) is 0 Å². The van der Waals surface area contributed by atoms with Crippen LogP contribution in [0, 0.1) is 0 Å². The third kappa shape index (κ3) is 3.05. The largest absolute Gasteiger partial charge is 0.455 e. The minimum absolute atomic E-state index is 0.879. The van der Waals surface area contributed by atoms with Gasteiger partial charge in [-0.3, -0.25) is 0 Å². The van der Waals surface area contributed by atoms with Crippen molar-refractivity contribution < 1.29 is 4.42 Å². The smallest absolute Gasteiger partial charge is 0.143 e. The zero-order valence-corrected chi connectivity index (χ0v) is 22.1. The number of thiophene rings is 1. The van der Waals surface area contributed by atoms with Gasteiger partial charge < -0.3 is 4.42 Å². The fourth-order valence-corrected chi connectivity index (χ4v) is 7.23. The Morgan fingerprint density at radius 1 is 0.500 bits per heavy atom. The maximum absolute atomic E-state index is 6.64. The number of hydrogen-bond acceptors (Lipinski definition) is 4. The van der Waals surface area contributed by atoms with Crippen molar-refractivity contribution in [3.05, 3.63) is 121 Å². The second kappa shape index (κ2) is 8.22. The van der Waals surface area contributed by atoms with Gasteiger partial charge in [-0.15, -0.1) is 11.3 Å². The van der Waals surface area contributed by atoms with E-state index in [0.29, 0.717) is 0 Å². The maximum Gasteiger partial charge on any atom is 0.143 e. The fraction of sp³-hybridized carbons (Fsp3) is 0. The monoisotopic (exact) mass is 528 g/mol. The third-order valence-corrected chi connectivity index (χ3v) is 8.98. The molecule has 4 heteroatoms. The summed E-state index contributed by atoms with van der Waals surface area (Å²) in [5.41, 5.74) is 7.46. The van der Waals surface area contributed by atoms with Crippen molar-refractivity contribution in [3.63, 3.8) is 0 Å². The van der Waals surface area contributed by atoms with Gasteiger partial charge in [0.2, 0.25) is 0 Å². The van der Waals surface area contributed by atoms with E-state index >= 15 is 0 Å². The minimum Gasteiger partial charge on any atom is -0.455 e. The quantitative estimate of drug-likeness (QED) is 0.224. The van der Waals surface area contributed by atoms with Gasteiger partial charge in [0.1, 0.15) is 11.2 Å². The van der Waals surface area contributed by atoms with Crippen LogP contribution in [0.2, 0.25) is 0 Å². The fourth-order valence-electron chi connectivity index (χ4n) is 6.08. The molecule has 0 unspecified atom stereocenters. The summed E-state index contributed by atoms with van der Waals surface area (Å²) in [6, 6.07) is 42.2. The molecule has 0 aliphatic heterocycles. The zero-order valence-electron chi connectivity index (χ0n) is 21.3. The Hall–Kier alpha value is -5.06. The number of rotatable bonds is 2. The van der Waals surface area contributed by atoms with Crippen LogP contribution in [0.25, 0.3) is 86.4 Å². The van der Waals surface area contributed by atoms with Crippen molar-refractivity contribution in [3.8, 4) is 22.5 Å². The van der Waals surface area contributed by atoms with E-state index in [4.69, 9.17) is 14.4 Å². The molecule has 0 amide bonds. The molecule has 3 aromatic heterocycles. The molecule has 0 fully saturated rings. The highest BCUT2D eigenvalue weighted by Gasteiger charge is 2.22. The summed E-state index contributed by atoms with van der Waals surface area (Å²) in [6.07, 6.45) is 0. The number of furan rings is 1. The van der Waals surface area contributed by atoms with Crippen LogP contribution >= 0.6 is 11.3 Å². The van der Waals surface area contributed by atoms with Gasteiger partial charge in [0.05, 0.1) is 22.4 Å². The van der Waals surface area contributed by atoms with Crippen LogP contribution in [0.1, 0.15) is 0 Å². The van der Waals surface area contributed by atoms with Gasteiger partial charge in [-0.05, 0) is 41.8 Å². The zero-order chi connectivity index (χ0) is 26.2. The summed E-state index contributed by atoms with van der Waals surface area (Å²) in [7, 11) is 0. The second-order valence-corrected chi connectivity index (χ2v) is 11.2. The molecule has 0 saturated carbocycles. The standard InChI is InChI=1S/C36H20N2OS/c1-2-10-21(11-3-1)34-35(38-28-15-7-6-14-27(28)37-34)26-20-31-32(25-13-5-9-17-30(25)40-31)33-23(26)18-19-24-22-12-4-8-16-29(22)39-36(24)33/h1-20H. The van der Waals surface area contributed by atoms with E-state index in [1.54, 1.807) is 0 Å². The Labute approximate surface area is 233 Å². The number of fused-ring (bicyclic) bond motifs is 10. The lowest BCUT2D eigenvalue weighted by Crippen LogP contribution is -1.96. The first-order chi connectivity index (χ1) is 19.8. The number of para-hydroxylation sites is 3. The van der Waals surface area contributed by atoms with Crippen LogP contribution in [-0.2, 0) is 0 Å².